The van der Waals surface area contributed by atoms with E-state index in [1.807, 2.05) is 18.2 Å². The molecule has 0 N–H and O–H groups in total. The molecule has 3 heteroatoms. The van der Waals surface area contributed by atoms with Gasteiger partial charge in [0.25, 0.3) is 0 Å². The molecule has 96 valence electrons. The summed E-state index contributed by atoms with van der Waals surface area (Å²) in [6.07, 6.45) is 2.11. The largest absolute Gasteiger partial charge is 0.497 e. The molecule has 0 radical (unpaired) electrons. The van der Waals surface area contributed by atoms with Crippen LogP contribution in [0.2, 0.25) is 0 Å². The maximum Gasteiger partial charge on any atom is 0.143 e. The third-order valence-electron chi connectivity index (χ3n) is 2.75. The molecule has 0 amide bonds. The van der Waals surface area contributed by atoms with Crippen molar-refractivity contribution in [1.29, 1.82) is 0 Å². The van der Waals surface area contributed by atoms with Crippen LogP contribution in [0.15, 0.2) is 54.6 Å². The van der Waals surface area contributed by atoms with Crippen LogP contribution in [-0.2, 0) is 4.79 Å². The van der Waals surface area contributed by atoms with Gasteiger partial charge in [0.15, 0.2) is 0 Å². The average Bonchev–Trinajstić information content (AvgIpc) is 2.45. The molecule has 0 spiro atoms. The summed E-state index contributed by atoms with van der Waals surface area (Å²) in [4.78, 5) is 10.8. The SMILES string of the molecule is COc1cccc(/C(=C/C=O)c2cccc(F)c2)c1. The molecule has 19 heavy (non-hydrogen) atoms. The van der Waals surface area contributed by atoms with Crippen molar-refractivity contribution in [2.75, 3.05) is 7.11 Å². The van der Waals surface area contributed by atoms with Crippen LogP contribution in [0.1, 0.15) is 11.1 Å². The van der Waals surface area contributed by atoms with Crippen molar-refractivity contribution in [3.63, 3.8) is 0 Å². The number of halogens is 1. The quantitative estimate of drug-likeness (QED) is 0.618. The second-order valence-corrected chi connectivity index (χ2v) is 3.96. The van der Waals surface area contributed by atoms with E-state index in [9.17, 15) is 9.18 Å². The summed E-state index contributed by atoms with van der Waals surface area (Å²) < 4.78 is 18.4. The zero-order valence-electron chi connectivity index (χ0n) is 10.5. The summed E-state index contributed by atoms with van der Waals surface area (Å²) >= 11 is 0. The molecule has 0 heterocycles. The summed E-state index contributed by atoms with van der Waals surface area (Å²) in [5.41, 5.74) is 2.12. The predicted octanol–water partition coefficient (Wildman–Crippen LogP) is 3.46. The fourth-order valence-electron chi connectivity index (χ4n) is 1.87. The molecule has 0 bridgehead atoms. The summed E-state index contributed by atoms with van der Waals surface area (Å²) in [7, 11) is 1.57. The third-order valence-corrected chi connectivity index (χ3v) is 2.75. The Bertz CT molecular complexity index is 618. The van der Waals surface area contributed by atoms with Gasteiger partial charge in [-0.25, -0.2) is 4.39 Å². The number of rotatable bonds is 4. The molecular weight excluding hydrogens is 243 g/mol. The molecule has 0 atom stereocenters. The van der Waals surface area contributed by atoms with Gasteiger partial charge in [0.2, 0.25) is 0 Å². The van der Waals surface area contributed by atoms with E-state index in [0.717, 1.165) is 5.56 Å². The molecule has 0 saturated heterocycles. The Labute approximate surface area is 111 Å². The standard InChI is InChI=1S/C16H13FO2/c1-19-15-7-3-5-13(11-15)16(8-9-18)12-4-2-6-14(17)10-12/h2-11H,1H3/b16-8+. The number of aldehydes is 1. The molecule has 2 nitrogen and oxygen atoms in total. The monoisotopic (exact) mass is 256 g/mol. The number of ether oxygens (including phenoxy) is 1. The Morgan fingerprint density at radius 2 is 1.79 bits per heavy atom. The molecule has 0 aliphatic heterocycles. The van der Waals surface area contributed by atoms with Gasteiger partial charge in [-0.05, 0) is 47.0 Å². The minimum Gasteiger partial charge on any atom is -0.497 e. The lowest BCUT2D eigenvalue weighted by molar-refractivity contribution is -0.104. The summed E-state index contributed by atoms with van der Waals surface area (Å²) in [6, 6.07) is 13.4. The van der Waals surface area contributed by atoms with E-state index >= 15 is 0 Å². The molecule has 2 rings (SSSR count). The number of hydrogen-bond acceptors (Lipinski definition) is 2. The molecule has 0 aliphatic rings. The summed E-state index contributed by atoms with van der Waals surface area (Å²) in [5.74, 6) is 0.350. The van der Waals surface area contributed by atoms with Gasteiger partial charge >= 0.3 is 0 Å². The lowest BCUT2D eigenvalue weighted by atomic mass is 9.97. The fourth-order valence-corrected chi connectivity index (χ4v) is 1.87. The van der Waals surface area contributed by atoms with E-state index < -0.39 is 0 Å². The zero-order valence-corrected chi connectivity index (χ0v) is 10.5. The lowest BCUT2D eigenvalue weighted by Gasteiger charge is -2.09. The van der Waals surface area contributed by atoms with Crippen molar-refractivity contribution in [3.8, 4) is 5.75 Å². The first-order valence-electron chi connectivity index (χ1n) is 5.80. The first kappa shape index (κ1) is 13.0. The van der Waals surface area contributed by atoms with Gasteiger partial charge in [-0.1, -0.05) is 24.3 Å². The highest BCUT2D eigenvalue weighted by atomic mass is 19.1. The van der Waals surface area contributed by atoms with E-state index in [1.54, 1.807) is 25.3 Å². The van der Waals surface area contributed by atoms with Crippen LogP contribution in [0.5, 0.6) is 5.75 Å². The first-order chi connectivity index (χ1) is 9.24. The highest BCUT2D eigenvalue weighted by Crippen LogP contribution is 2.26. The van der Waals surface area contributed by atoms with Crippen molar-refractivity contribution in [3.05, 3.63) is 71.6 Å². The Balaban J connectivity index is 2.51. The van der Waals surface area contributed by atoms with Crippen molar-refractivity contribution in [2.45, 2.75) is 0 Å². The van der Waals surface area contributed by atoms with Gasteiger partial charge in [0.05, 0.1) is 7.11 Å². The van der Waals surface area contributed by atoms with E-state index in [1.165, 1.54) is 18.2 Å². The molecule has 0 aromatic heterocycles. The van der Waals surface area contributed by atoms with Gasteiger partial charge in [0.1, 0.15) is 17.9 Å². The van der Waals surface area contributed by atoms with Crippen LogP contribution in [0.3, 0.4) is 0 Å². The molecule has 0 unspecified atom stereocenters. The lowest BCUT2D eigenvalue weighted by Crippen LogP contribution is -1.91. The Morgan fingerprint density at radius 1 is 1.11 bits per heavy atom. The van der Waals surface area contributed by atoms with E-state index in [0.29, 0.717) is 23.2 Å². The van der Waals surface area contributed by atoms with Crippen LogP contribution >= 0.6 is 0 Å². The van der Waals surface area contributed by atoms with Gasteiger partial charge < -0.3 is 4.74 Å². The van der Waals surface area contributed by atoms with Gasteiger partial charge in [0, 0.05) is 0 Å². The van der Waals surface area contributed by atoms with Crippen LogP contribution in [0.25, 0.3) is 5.57 Å². The van der Waals surface area contributed by atoms with E-state index in [4.69, 9.17) is 4.74 Å². The fraction of sp³-hybridized carbons (Fsp3) is 0.0625. The maximum absolute atomic E-state index is 13.3. The first-order valence-corrected chi connectivity index (χ1v) is 5.80. The van der Waals surface area contributed by atoms with Crippen molar-refractivity contribution in [1.82, 2.24) is 0 Å². The number of methoxy groups -OCH3 is 1. The Morgan fingerprint density at radius 3 is 2.42 bits per heavy atom. The van der Waals surface area contributed by atoms with E-state index in [2.05, 4.69) is 0 Å². The smallest absolute Gasteiger partial charge is 0.143 e. The molecule has 0 fully saturated rings. The van der Waals surface area contributed by atoms with Crippen LogP contribution in [0.4, 0.5) is 4.39 Å². The molecule has 2 aromatic carbocycles. The van der Waals surface area contributed by atoms with Gasteiger partial charge in [-0.2, -0.15) is 0 Å². The zero-order chi connectivity index (χ0) is 13.7. The number of allylic oxidation sites excluding steroid dienone is 1. The highest BCUT2D eigenvalue weighted by Gasteiger charge is 2.07. The molecule has 2 aromatic rings. The second kappa shape index (κ2) is 5.96. The van der Waals surface area contributed by atoms with Gasteiger partial charge in [-0.3, -0.25) is 4.79 Å². The molecule has 0 saturated carbocycles. The van der Waals surface area contributed by atoms with Crippen molar-refractivity contribution >= 4 is 11.9 Å². The van der Waals surface area contributed by atoms with Crippen molar-refractivity contribution in [2.24, 2.45) is 0 Å². The second-order valence-electron chi connectivity index (χ2n) is 3.96. The molecular formula is C16H13FO2. The minimum atomic E-state index is -0.336. The number of carbonyl (C=O) groups is 1. The highest BCUT2D eigenvalue weighted by molar-refractivity contribution is 5.89. The normalized spacial score (nSPS) is 11.2. The topological polar surface area (TPSA) is 26.3 Å². The maximum atomic E-state index is 13.3. The summed E-state index contributed by atoms with van der Waals surface area (Å²) in [5, 5.41) is 0. The number of benzene rings is 2. The third kappa shape index (κ3) is 3.07. The average molecular weight is 256 g/mol. The minimum absolute atomic E-state index is 0.336. The summed E-state index contributed by atoms with van der Waals surface area (Å²) in [6.45, 7) is 0. The molecule has 0 aliphatic carbocycles. The number of carbonyl (C=O) groups excluding carboxylic acids is 1. The Kier molecular flexibility index (Phi) is 4.08. The van der Waals surface area contributed by atoms with Crippen LogP contribution < -0.4 is 4.74 Å². The number of hydrogen-bond donors (Lipinski definition) is 0. The predicted molar refractivity (Wildman–Crippen MR) is 72.5 cm³/mol. The van der Waals surface area contributed by atoms with E-state index in [-0.39, 0.29) is 5.82 Å². The Hall–Kier alpha value is -2.42. The van der Waals surface area contributed by atoms with Gasteiger partial charge in [-0.15, -0.1) is 0 Å². The van der Waals surface area contributed by atoms with Crippen molar-refractivity contribution < 1.29 is 13.9 Å². The van der Waals surface area contributed by atoms with Crippen LogP contribution in [-0.4, -0.2) is 13.4 Å². The van der Waals surface area contributed by atoms with Crippen LogP contribution in [0, 0.1) is 5.82 Å².